The Labute approximate surface area is 138 Å². The molecular formula is C18H33BO3. The molecular weight excluding hydrogens is 275 g/mol. The summed E-state index contributed by atoms with van der Waals surface area (Å²) < 4.78 is 9.75. The van der Waals surface area contributed by atoms with E-state index in [4.69, 9.17) is 12.6 Å². The van der Waals surface area contributed by atoms with Crippen LogP contribution >= 0.6 is 0 Å². The zero-order valence-electron chi connectivity index (χ0n) is 15.2. The van der Waals surface area contributed by atoms with Gasteiger partial charge in [-0.25, -0.2) is 0 Å². The van der Waals surface area contributed by atoms with Crippen molar-refractivity contribution >= 4 is 14.1 Å². The maximum atomic E-state index is 10.4. The topological polar surface area (TPSA) is 35.5 Å². The van der Waals surface area contributed by atoms with Crippen molar-refractivity contribution < 1.29 is 14.3 Å². The molecule has 0 bridgehead atoms. The van der Waals surface area contributed by atoms with Crippen molar-refractivity contribution in [1.29, 1.82) is 0 Å². The maximum Gasteiger partial charge on any atom is 0.150 e. The van der Waals surface area contributed by atoms with Crippen LogP contribution in [0, 0.1) is 0 Å². The first-order valence-electron chi connectivity index (χ1n) is 8.06. The number of rotatable bonds is 7. The number of methoxy groups -OCH3 is 1. The van der Waals surface area contributed by atoms with Crippen LogP contribution in [0.25, 0.3) is 0 Å². The SMILES string of the molecule is CC.CC.COC.[B]CCCCCOc1ccc(C=O)cc1. The summed E-state index contributed by atoms with van der Waals surface area (Å²) in [5.74, 6) is 0.813. The summed E-state index contributed by atoms with van der Waals surface area (Å²) in [6, 6.07) is 7.13. The Morgan fingerprint density at radius 3 is 1.86 bits per heavy atom. The minimum absolute atomic E-state index is 0.672. The van der Waals surface area contributed by atoms with Crippen LogP contribution in [-0.4, -0.2) is 35.0 Å². The van der Waals surface area contributed by atoms with E-state index in [1.165, 1.54) is 0 Å². The lowest BCUT2D eigenvalue weighted by atomic mass is 10.00. The molecule has 0 unspecified atom stereocenters. The van der Waals surface area contributed by atoms with Crippen LogP contribution in [0.2, 0.25) is 6.32 Å². The van der Waals surface area contributed by atoms with E-state index in [0.29, 0.717) is 12.2 Å². The smallest absolute Gasteiger partial charge is 0.150 e. The Morgan fingerprint density at radius 1 is 0.955 bits per heavy atom. The van der Waals surface area contributed by atoms with Gasteiger partial charge in [0.2, 0.25) is 0 Å². The van der Waals surface area contributed by atoms with Crippen LogP contribution in [0.15, 0.2) is 24.3 Å². The molecule has 1 rings (SSSR count). The summed E-state index contributed by atoms with van der Waals surface area (Å²) in [6.07, 6.45) is 4.74. The number of carbonyl (C=O) groups excluding carboxylic acids is 1. The highest BCUT2D eigenvalue weighted by Gasteiger charge is 1.94. The summed E-state index contributed by atoms with van der Waals surface area (Å²) in [7, 11) is 8.63. The van der Waals surface area contributed by atoms with E-state index in [0.717, 1.165) is 37.6 Å². The molecule has 3 nitrogen and oxygen atoms in total. The molecule has 0 saturated heterocycles. The van der Waals surface area contributed by atoms with Gasteiger partial charge in [-0.1, -0.05) is 46.9 Å². The zero-order valence-corrected chi connectivity index (χ0v) is 15.2. The second kappa shape index (κ2) is 24.7. The molecule has 22 heavy (non-hydrogen) atoms. The lowest BCUT2D eigenvalue weighted by Crippen LogP contribution is -1.97. The van der Waals surface area contributed by atoms with Crippen LogP contribution in [-0.2, 0) is 4.74 Å². The van der Waals surface area contributed by atoms with Gasteiger partial charge in [0.15, 0.2) is 0 Å². The summed E-state index contributed by atoms with van der Waals surface area (Å²) in [6.45, 7) is 8.71. The summed E-state index contributed by atoms with van der Waals surface area (Å²) in [5.41, 5.74) is 0.672. The van der Waals surface area contributed by atoms with Gasteiger partial charge < -0.3 is 9.47 Å². The Kier molecular flexibility index (Phi) is 28.8. The first-order valence-corrected chi connectivity index (χ1v) is 8.06. The van der Waals surface area contributed by atoms with Gasteiger partial charge in [-0.3, -0.25) is 4.79 Å². The Morgan fingerprint density at radius 2 is 1.45 bits per heavy atom. The number of ether oxygens (including phenoxy) is 2. The zero-order chi connectivity index (χ0) is 17.6. The number of carbonyl (C=O) groups is 1. The van der Waals surface area contributed by atoms with Crippen LogP contribution in [0.3, 0.4) is 0 Å². The van der Waals surface area contributed by atoms with Crippen molar-refractivity contribution in [2.75, 3.05) is 20.8 Å². The van der Waals surface area contributed by atoms with Crippen molar-refractivity contribution in [2.24, 2.45) is 0 Å². The molecule has 0 aliphatic heterocycles. The molecule has 4 heteroatoms. The fourth-order valence-corrected chi connectivity index (χ4v) is 1.26. The summed E-state index contributed by atoms with van der Waals surface area (Å²) in [5, 5.41) is 0. The van der Waals surface area contributed by atoms with Crippen molar-refractivity contribution in [3.63, 3.8) is 0 Å². The molecule has 2 radical (unpaired) electrons. The van der Waals surface area contributed by atoms with Gasteiger partial charge >= 0.3 is 0 Å². The third-order valence-electron chi connectivity index (χ3n) is 2.13. The number of aldehydes is 1. The normalized spacial score (nSPS) is 8.09. The van der Waals surface area contributed by atoms with E-state index < -0.39 is 0 Å². The van der Waals surface area contributed by atoms with E-state index in [1.807, 2.05) is 39.8 Å². The molecule has 0 fully saturated rings. The highest BCUT2D eigenvalue weighted by Crippen LogP contribution is 2.11. The molecule has 0 N–H and O–H groups in total. The predicted octanol–water partition coefficient (Wildman–Crippen LogP) is 4.95. The van der Waals surface area contributed by atoms with Gasteiger partial charge in [0.05, 0.1) is 14.5 Å². The number of hydrogen-bond acceptors (Lipinski definition) is 3. The average molecular weight is 308 g/mol. The fraction of sp³-hybridized carbons (Fsp3) is 0.611. The summed E-state index contributed by atoms with van der Waals surface area (Å²) in [4.78, 5) is 10.4. The van der Waals surface area contributed by atoms with Crippen molar-refractivity contribution in [1.82, 2.24) is 0 Å². The molecule has 126 valence electrons. The first-order chi connectivity index (χ1) is 10.8. The molecule has 0 heterocycles. The van der Waals surface area contributed by atoms with Gasteiger partial charge in [-0.05, 0) is 30.7 Å². The second-order valence-electron chi connectivity index (χ2n) is 3.79. The lowest BCUT2D eigenvalue weighted by Gasteiger charge is -2.05. The quantitative estimate of drug-likeness (QED) is 0.406. The van der Waals surface area contributed by atoms with Crippen molar-refractivity contribution in [2.45, 2.75) is 53.3 Å². The molecule has 0 aliphatic carbocycles. The van der Waals surface area contributed by atoms with Crippen LogP contribution in [0.1, 0.15) is 57.3 Å². The van der Waals surface area contributed by atoms with E-state index >= 15 is 0 Å². The minimum Gasteiger partial charge on any atom is -0.494 e. The number of unbranched alkanes of at least 4 members (excludes halogenated alkanes) is 2. The highest BCUT2D eigenvalue weighted by atomic mass is 16.5. The van der Waals surface area contributed by atoms with E-state index in [-0.39, 0.29) is 0 Å². The monoisotopic (exact) mass is 308 g/mol. The van der Waals surface area contributed by atoms with Crippen molar-refractivity contribution in [3.05, 3.63) is 29.8 Å². The first kappa shape index (κ1) is 25.7. The summed E-state index contributed by atoms with van der Waals surface area (Å²) >= 11 is 0. The van der Waals surface area contributed by atoms with Gasteiger partial charge in [-0.15, -0.1) is 0 Å². The molecule has 0 saturated carbocycles. The Balaban J connectivity index is -0.000000446. The lowest BCUT2D eigenvalue weighted by molar-refractivity contribution is 0.112. The van der Waals surface area contributed by atoms with Crippen LogP contribution in [0.4, 0.5) is 0 Å². The molecule has 0 amide bonds. The van der Waals surface area contributed by atoms with Gasteiger partial charge in [0.1, 0.15) is 12.0 Å². The van der Waals surface area contributed by atoms with Crippen LogP contribution in [0.5, 0.6) is 5.75 Å². The van der Waals surface area contributed by atoms with Crippen molar-refractivity contribution in [3.8, 4) is 5.75 Å². The Bertz CT molecular complexity index is 300. The standard InChI is InChI=1S/C12H15BO2.C2H6O.2C2H6/c13-8-2-1-3-9-15-12-6-4-11(10-14)5-7-12;1-3-2;2*1-2/h4-7,10H,1-3,8-9H2;1-2H3;2*1-2H3. The largest absolute Gasteiger partial charge is 0.494 e. The minimum atomic E-state index is 0.672. The number of hydrogen-bond donors (Lipinski definition) is 0. The van der Waals surface area contributed by atoms with E-state index in [9.17, 15) is 4.79 Å². The van der Waals surface area contributed by atoms with Crippen LogP contribution < -0.4 is 4.74 Å². The second-order valence-corrected chi connectivity index (χ2v) is 3.79. The molecule has 0 atom stereocenters. The average Bonchev–Trinajstić information content (AvgIpc) is 2.59. The van der Waals surface area contributed by atoms with E-state index in [1.54, 1.807) is 26.4 Å². The third-order valence-corrected chi connectivity index (χ3v) is 2.13. The molecule has 1 aromatic carbocycles. The highest BCUT2D eigenvalue weighted by molar-refractivity contribution is 6.08. The molecule has 0 aliphatic rings. The fourth-order valence-electron chi connectivity index (χ4n) is 1.26. The van der Waals surface area contributed by atoms with Gasteiger partial charge in [0.25, 0.3) is 0 Å². The third kappa shape index (κ3) is 18.7. The predicted molar refractivity (Wildman–Crippen MR) is 97.4 cm³/mol. The van der Waals surface area contributed by atoms with Gasteiger partial charge in [0, 0.05) is 19.8 Å². The number of benzene rings is 1. The molecule has 0 spiro atoms. The molecule has 1 aromatic rings. The Hall–Kier alpha value is -1.29. The van der Waals surface area contributed by atoms with Gasteiger partial charge in [-0.2, -0.15) is 0 Å². The van der Waals surface area contributed by atoms with E-state index in [2.05, 4.69) is 4.74 Å². The molecule has 0 aromatic heterocycles. The maximum absolute atomic E-state index is 10.4.